The van der Waals surface area contributed by atoms with Crippen LogP contribution in [0.5, 0.6) is 5.75 Å². The molecule has 3 rings (SSSR count). The van der Waals surface area contributed by atoms with E-state index in [2.05, 4.69) is 28.9 Å². The molecule has 1 aliphatic heterocycles. The van der Waals surface area contributed by atoms with E-state index < -0.39 is 12.0 Å². The predicted octanol–water partition coefficient (Wildman–Crippen LogP) is 4.20. The van der Waals surface area contributed by atoms with Crippen molar-refractivity contribution in [2.24, 2.45) is 0 Å². The van der Waals surface area contributed by atoms with Crippen molar-refractivity contribution in [2.75, 3.05) is 24.3 Å². The highest BCUT2D eigenvalue weighted by Crippen LogP contribution is 2.40. The van der Waals surface area contributed by atoms with Gasteiger partial charge in [-0.25, -0.2) is 9.48 Å². The van der Waals surface area contributed by atoms with Crippen molar-refractivity contribution in [1.82, 2.24) is 14.8 Å². The molecule has 7 nitrogen and oxygen atoms in total. The summed E-state index contributed by atoms with van der Waals surface area (Å²) >= 11 is 1.59. The number of carbonyl (C=O) groups is 1. The standard InChI is InChI=1S/C21H26N4O3S/c1-5-12-28-19(26)17-14(4)22-20-23-21(29-13-6-2)24-25(20)18(17)15-10-8-9-11-16(15)27-7-3/h5,8-11,18H,1,6-7,12-13H2,2-4H3,(H,22,23,24). The van der Waals surface area contributed by atoms with Gasteiger partial charge in [-0.15, -0.1) is 5.10 Å². The molecule has 0 radical (unpaired) electrons. The molecule has 0 saturated carbocycles. The summed E-state index contributed by atoms with van der Waals surface area (Å²) in [5.74, 6) is 1.80. The molecular formula is C21H26N4O3S. The molecule has 1 unspecified atom stereocenters. The first-order valence-corrected chi connectivity index (χ1v) is 10.7. The normalized spacial score (nSPS) is 15.5. The lowest BCUT2D eigenvalue weighted by atomic mass is 9.95. The number of aromatic nitrogens is 3. The van der Waals surface area contributed by atoms with Gasteiger partial charge in [-0.3, -0.25) is 0 Å². The van der Waals surface area contributed by atoms with Gasteiger partial charge in [-0.2, -0.15) is 4.98 Å². The number of thioether (sulfide) groups is 1. The molecule has 0 saturated heterocycles. The first-order chi connectivity index (χ1) is 14.1. The average Bonchev–Trinajstić information content (AvgIpc) is 3.12. The van der Waals surface area contributed by atoms with E-state index in [1.54, 1.807) is 22.5 Å². The van der Waals surface area contributed by atoms with Gasteiger partial charge in [0.15, 0.2) is 0 Å². The molecule has 2 heterocycles. The highest BCUT2D eigenvalue weighted by atomic mass is 32.2. The van der Waals surface area contributed by atoms with Crippen molar-refractivity contribution in [2.45, 2.75) is 38.4 Å². The zero-order valence-electron chi connectivity index (χ0n) is 17.0. The van der Waals surface area contributed by atoms with E-state index >= 15 is 0 Å². The molecule has 1 aromatic heterocycles. The number of fused-ring (bicyclic) bond motifs is 1. The molecule has 0 spiro atoms. The molecule has 0 aliphatic carbocycles. The quantitative estimate of drug-likeness (QED) is 0.374. The molecule has 2 aromatic rings. The number of rotatable bonds is 9. The first-order valence-electron chi connectivity index (χ1n) is 9.67. The zero-order valence-corrected chi connectivity index (χ0v) is 17.8. The summed E-state index contributed by atoms with van der Waals surface area (Å²) in [7, 11) is 0. The Morgan fingerprint density at radius 2 is 2.17 bits per heavy atom. The second-order valence-corrected chi connectivity index (χ2v) is 7.50. The second-order valence-electron chi connectivity index (χ2n) is 6.44. The van der Waals surface area contributed by atoms with Crippen molar-refractivity contribution in [3.05, 3.63) is 53.8 Å². The molecule has 1 aromatic carbocycles. The molecule has 0 fully saturated rings. The number of benzene rings is 1. The van der Waals surface area contributed by atoms with Gasteiger partial charge in [0.1, 0.15) is 18.4 Å². The fourth-order valence-electron chi connectivity index (χ4n) is 3.14. The maximum Gasteiger partial charge on any atom is 0.338 e. The Labute approximate surface area is 175 Å². The van der Waals surface area contributed by atoms with Crippen LogP contribution in [0.3, 0.4) is 0 Å². The van der Waals surface area contributed by atoms with E-state index in [-0.39, 0.29) is 6.61 Å². The van der Waals surface area contributed by atoms with Crippen molar-refractivity contribution in [3.63, 3.8) is 0 Å². The number of carbonyl (C=O) groups excluding carboxylic acids is 1. The fourth-order valence-corrected chi connectivity index (χ4v) is 3.83. The molecule has 1 aliphatic rings. The number of hydrogen-bond acceptors (Lipinski definition) is 7. The van der Waals surface area contributed by atoms with Crippen molar-refractivity contribution >= 4 is 23.7 Å². The van der Waals surface area contributed by atoms with Crippen LogP contribution in [0.2, 0.25) is 0 Å². The minimum atomic E-state index is -0.505. The highest BCUT2D eigenvalue weighted by Gasteiger charge is 2.36. The molecule has 1 N–H and O–H groups in total. The van der Waals surface area contributed by atoms with Gasteiger partial charge < -0.3 is 14.8 Å². The molecule has 0 amide bonds. The van der Waals surface area contributed by atoms with Gasteiger partial charge >= 0.3 is 5.97 Å². The van der Waals surface area contributed by atoms with Gasteiger partial charge in [-0.05, 0) is 26.3 Å². The Morgan fingerprint density at radius 3 is 2.90 bits per heavy atom. The van der Waals surface area contributed by atoms with Crippen LogP contribution in [0, 0.1) is 0 Å². The Bertz CT molecular complexity index is 922. The number of para-hydroxylation sites is 1. The predicted molar refractivity (Wildman–Crippen MR) is 114 cm³/mol. The van der Waals surface area contributed by atoms with E-state index in [9.17, 15) is 4.79 Å². The van der Waals surface area contributed by atoms with Gasteiger partial charge in [0.05, 0.1) is 12.2 Å². The third-order valence-electron chi connectivity index (χ3n) is 4.33. The van der Waals surface area contributed by atoms with Gasteiger partial charge in [0.25, 0.3) is 0 Å². The number of esters is 1. The molecule has 29 heavy (non-hydrogen) atoms. The lowest BCUT2D eigenvalue weighted by Gasteiger charge is -2.29. The summed E-state index contributed by atoms with van der Waals surface area (Å²) in [6.07, 6.45) is 2.57. The SMILES string of the molecule is C=CCOC(=O)C1=C(C)Nc2nc(SCCC)nn2C1c1ccccc1OCC. The summed E-state index contributed by atoms with van der Waals surface area (Å²) in [6, 6.07) is 7.17. The fraction of sp³-hybridized carbons (Fsp3) is 0.381. The Hall–Kier alpha value is -2.74. The minimum Gasteiger partial charge on any atom is -0.494 e. The van der Waals surface area contributed by atoms with Crippen LogP contribution >= 0.6 is 11.8 Å². The lowest BCUT2D eigenvalue weighted by Crippen LogP contribution is -2.30. The highest BCUT2D eigenvalue weighted by molar-refractivity contribution is 7.99. The van der Waals surface area contributed by atoms with Crippen molar-refractivity contribution in [3.8, 4) is 5.75 Å². The van der Waals surface area contributed by atoms with Gasteiger partial charge in [0, 0.05) is 17.0 Å². The molecular weight excluding hydrogens is 388 g/mol. The smallest absolute Gasteiger partial charge is 0.338 e. The maximum atomic E-state index is 12.9. The van der Waals surface area contributed by atoms with Crippen LogP contribution in [-0.4, -0.2) is 39.7 Å². The largest absolute Gasteiger partial charge is 0.494 e. The van der Waals surface area contributed by atoms with Crippen LogP contribution in [0.15, 0.2) is 53.3 Å². The maximum absolute atomic E-state index is 12.9. The van der Waals surface area contributed by atoms with E-state index in [4.69, 9.17) is 9.47 Å². The third kappa shape index (κ3) is 4.48. The van der Waals surface area contributed by atoms with Gasteiger partial charge in [-0.1, -0.05) is 49.5 Å². The summed E-state index contributed by atoms with van der Waals surface area (Å²) < 4.78 is 13.0. The Kier molecular flexibility index (Phi) is 6.98. The molecule has 8 heteroatoms. The minimum absolute atomic E-state index is 0.136. The van der Waals surface area contributed by atoms with Crippen LogP contribution in [-0.2, 0) is 9.53 Å². The van der Waals surface area contributed by atoms with Crippen LogP contribution in [0.1, 0.15) is 38.8 Å². The van der Waals surface area contributed by atoms with E-state index in [1.807, 2.05) is 38.1 Å². The van der Waals surface area contributed by atoms with E-state index in [0.29, 0.717) is 34.7 Å². The number of anilines is 1. The number of nitrogens with one attached hydrogen (secondary N) is 1. The van der Waals surface area contributed by atoms with E-state index in [1.165, 1.54) is 0 Å². The number of allylic oxidation sites excluding steroid dienone is 1. The van der Waals surface area contributed by atoms with Crippen molar-refractivity contribution in [1.29, 1.82) is 0 Å². The Balaban J connectivity index is 2.12. The molecule has 154 valence electrons. The van der Waals surface area contributed by atoms with Crippen LogP contribution in [0.4, 0.5) is 5.95 Å². The summed E-state index contributed by atoms with van der Waals surface area (Å²) in [6.45, 7) is 10.2. The van der Waals surface area contributed by atoms with Crippen LogP contribution < -0.4 is 10.1 Å². The van der Waals surface area contributed by atoms with Gasteiger partial charge in [0.2, 0.25) is 11.1 Å². The number of nitrogens with zero attached hydrogens (tertiary/aromatic N) is 3. The van der Waals surface area contributed by atoms with Crippen molar-refractivity contribution < 1.29 is 14.3 Å². The van der Waals surface area contributed by atoms with E-state index in [0.717, 1.165) is 17.7 Å². The first kappa shape index (κ1) is 21.0. The number of ether oxygens (including phenoxy) is 2. The lowest BCUT2D eigenvalue weighted by molar-refractivity contribution is -0.138. The molecule has 1 atom stereocenters. The molecule has 0 bridgehead atoms. The third-order valence-corrected chi connectivity index (χ3v) is 5.38. The summed E-state index contributed by atoms with van der Waals surface area (Å²) in [5, 5.41) is 8.55. The summed E-state index contributed by atoms with van der Waals surface area (Å²) in [4.78, 5) is 17.5. The summed E-state index contributed by atoms with van der Waals surface area (Å²) in [5.41, 5.74) is 1.99. The monoisotopic (exact) mass is 414 g/mol. The Morgan fingerprint density at radius 1 is 1.38 bits per heavy atom. The number of hydrogen-bond donors (Lipinski definition) is 1. The second kappa shape index (κ2) is 9.65. The zero-order chi connectivity index (χ0) is 20.8. The van der Waals surface area contributed by atoms with Crippen LogP contribution in [0.25, 0.3) is 0 Å². The average molecular weight is 415 g/mol. The topological polar surface area (TPSA) is 78.3 Å².